The second-order valence-electron chi connectivity index (χ2n) is 6.49. The zero-order valence-corrected chi connectivity index (χ0v) is 18.3. The molecule has 0 fully saturated rings. The molecule has 0 unspecified atom stereocenters. The summed E-state index contributed by atoms with van der Waals surface area (Å²) < 4.78 is 10.8. The van der Waals surface area contributed by atoms with Crippen LogP contribution < -0.4 is 20.1 Å². The lowest BCUT2D eigenvalue weighted by atomic mass is 10.1. The van der Waals surface area contributed by atoms with Gasteiger partial charge in [0.15, 0.2) is 12.4 Å². The van der Waals surface area contributed by atoms with Crippen molar-refractivity contribution in [2.75, 3.05) is 26.8 Å². The molecule has 156 valence electrons. The zero-order valence-electron chi connectivity index (χ0n) is 16.8. The Morgan fingerprint density at radius 3 is 2.21 bits per heavy atom. The molecule has 6 nitrogen and oxygen atoms in total. The van der Waals surface area contributed by atoms with Gasteiger partial charge in [-0.1, -0.05) is 35.3 Å². The van der Waals surface area contributed by atoms with E-state index in [2.05, 4.69) is 10.6 Å². The Balaban J connectivity index is 1.83. The number of rotatable bonds is 8. The van der Waals surface area contributed by atoms with Gasteiger partial charge in [-0.2, -0.15) is 0 Å². The highest BCUT2D eigenvalue weighted by atomic mass is 35.5. The van der Waals surface area contributed by atoms with E-state index in [1.54, 1.807) is 6.07 Å². The summed E-state index contributed by atoms with van der Waals surface area (Å²) in [6.07, 6.45) is 0. The van der Waals surface area contributed by atoms with E-state index in [0.29, 0.717) is 0 Å². The average Bonchev–Trinajstić information content (AvgIpc) is 2.69. The van der Waals surface area contributed by atoms with Crippen LogP contribution in [0.1, 0.15) is 27.0 Å². The molecule has 0 aromatic heterocycles. The number of benzene rings is 2. The number of ether oxygens (including phenoxy) is 2. The molecule has 0 aliphatic heterocycles. The van der Waals surface area contributed by atoms with Gasteiger partial charge in [-0.3, -0.25) is 9.59 Å². The predicted molar refractivity (Wildman–Crippen MR) is 115 cm³/mol. The number of hydrogen-bond acceptors (Lipinski definition) is 4. The Bertz CT molecular complexity index is 916. The summed E-state index contributed by atoms with van der Waals surface area (Å²) in [7, 11) is 1.41. The van der Waals surface area contributed by atoms with E-state index < -0.39 is 5.91 Å². The monoisotopic (exact) mass is 438 g/mol. The van der Waals surface area contributed by atoms with Crippen molar-refractivity contribution in [2.24, 2.45) is 0 Å². The van der Waals surface area contributed by atoms with Crippen LogP contribution in [0.15, 0.2) is 24.3 Å². The van der Waals surface area contributed by atoms with Gasteiger partial charge in [0.25, 0.3) is 11.8 Å². The minimum absolute atomic E-state index is 0.104. The molecule has 0 saturated heterocycles. The number of nitrogens with one attached hydrogen (secondary N) is 2. The van der Waals surface area contributed by atoms with Gasteiger partial charge in [-0.15, -0.1) is 0 Å². The molecule has 0 bridgehead atoms. The van der Waals surface area contributed by atoms with Crippen molar-refractivity contribution in [3.05, 3.63) is 56.6 Å². The van der Waals surface area contributed by atoms with Crippen molar-refractivity contribution in [1.82, 2.24) is 10.6 Å². The van der Waals surface area contributed by atoms with Crippen LogP contribution in [0.2, 0.25) is 10.0 Å². The first kappa shape index (κ1) is 22.8. The second kappa shape index (κ2) is 10.4. The zero-order chi connectivity index (χ0) is 21.6. The molecule has 2 rings (SSSR count). The molecule has 0 atom stereocenters. The van der Waals surface area contributed by atoms with E-state index in [9.17, 15) is 9.59 Å². The summed E-state index contributed by atoms with van der Waals surface area (Å²) in [6.45, 7) is 6.22. The Hall–Kier alpha value is -2.44. The fourth-order valence-corrected chi connectivity index (χ4v) is 3.22. The molecule has 2 aromatic carbocycles. The Morgan fingerprint density at radius 1 is 0.897 bits per heavy atom. The van der Waals surface area contributed by atoms with Gasteiger partial charge < -0.3 is 20.1 Å². The standard InChI is InChI=1S/C21H24Cl2N2O4/c1-12-5-6-13(2)19(14(12)3)29-11-17(26)24-9-10-25-21(27)18-15(22)7-8-16(23)20(18)28-4/h5-8H,9-11H2,1-4H3,(H,24,26)(H,25,27). The third kappa shape index (κ3) is 5.78. The summed E-state index contributed by atoms with van der Waals surface area (Å²) in [5, 5.41) is 5.89. The molecule has 2 N–H and O–H groups in total. The number of aryl methyl sites for hydroxylation is 2. The van der Waals surface area contributed by atoms with Gasteiger partial charge in [-0.05, 0) is 49.6 Å². The number of methoxy groups -OCH3 is 1. The van der Waals surface area contributed by atoms with E-state index in [1.807, 2.05) is 32.9 Å². The fourth-order valence-electron chi connectivity index (χ4n) is 2.75. The highest BCUT2D eigenvalue weighted by Gasteiger charge is 2.19. The number of carbonyl (C=O) groups is 2. The fraction of sp³-hybridized carbons (Fsp3) is 0.333. The first-order valence-electron chi connectivity index (χ1n) is 9.02. The number of carbonyl (C=O) groups excluding carboxylic acids is 2. The summed E-state index contributed by atoms with van der Waals surface area (Å²) >= 11 is 12.1. The molecule has 29 heavy (non-hydrogen) atoms. The highest BCUT2D eigenvalue weighted by molar-refractivity contribution is 6.37. The van der Waals surface area contributed by atoms with Gasteiger partial charge in [0, 0.05) is 13.1 Å². The number of halogens is 2. The van der Waals surface area contributed by atoms with Crippen molar-refractivity contribution < 1.29 is 19.1 Å². The lowest BCUT2D eigenvalue weighted by Crippen LogP contribution is -2.37. The van der Waals surface area contributed by atoms with Crippen LogP contribution in [-0.2, 0) is 4.79 Å². The van der Waals surface area contributed by atoms with Crippen LogP contribution in [0.3, 0.4) is 0 Å². The minimum Gasteiger partial charge on any atom is -0.494 e. The highest BCUT2D eigenvalue weighted by Crippen LogP contribution is 2.33. The lowest BCUT2D eigenvalue weighted by molar-refractivity contribution is -0.123. The van der Waals surface area contributed by atoms with E-state index in [4.69, 9.17) is 32.7 Å². The Labute approximate surface area is 180 Å². The third-order valence-corrected chi connectivity index (χ3v) is 5.06. The molecule has 0 aliphatic rings. The van der Waals surface area contributed by atoms with Crippen molar-refractivity contribution >= 4 is 35.0 Å². The maximum absolute atomic E-state index is 12.4. The maximum Gasteiger partial charge on any atom is 0.258 e. The van der Waals surface area contributed by atoms with Crippen LogP contribution in [0.25, 0.3) is 0 Å². The van der Waals surface area contributed by atoms with Gasteiger partial charge in [0.05, 0.1) is 17.2 Å². The molecule has 2 amide bonds. The van der Waals surface area contributed by atoms with Crippen LogP contribution in [0, 0.1) is 20.8 Å². The molecule has 0 radical (unpaired) electrons. The minimum atomic E-state index is -0.439. The van der Waals surface area contributed by atoms with Gasteiger partial charge >= 0.3 is 0 Å². The van der Waals surface area contributed by atoms with Gasteiger partial charge in [0.1, 0.15) is 11.3 Å². The molecule has 0 heterocycles. The van der Waals surface area contributed by atoms with Crippen molar-refractivity contribution in [3.63, 3.8) is 0 Å². The quantitative estimate of drug-likeness (QED) is 0.613. The Kier molecular flexibility index (Phi) is 8.17. The Morgan fingerprint density at radius 2 is 1.52 bits per heavy atom. The largest absolute Gasteiger partial charge is 0.494 e. The van der Waals surface area contributed by atoms with Crippen LogP contribution in [-0.4, -0.2) is 38.6 Å². The van der Waals surface area contributed by atoms with Crippen molar-refractivity contribution in [1.29, 1.82) is 0 Å². The molecular formula is C21H24Cl2N2O4. The van der Waals surface area contributed by atoms with Crippen molar-refractivity contribution in [2.45, 2.75) is 20.8 Å². The predicted octanol–water partition coefficient (Wildman–Crippen LogP) is 3.85. The lowest BCUT2D eigenvalue weighted by Gasteiger charge is -2.14. The first-order chi connectivity index (χ1) is 13.8. The van der Waals surface area contributed by atoms with Crippen LogP contribution in [0.5, 0.6) is 11.5 Å². The van der Waals surface area contributed by atoms with Crippen LogP contribution >= 0.6 is 23.2 Å². The first-order valence-corrected chi connectivity index (χ1v) is 9.78. The summed E-state index contributed by atoms with van der Waals surface area (Å²) in [4.78, 5) is 24.4. The topological polar surface area (TPSA) is 76.7 Å². The smallest absolute Gasteiger partial charge is 0.258 e. The van der Waals surface area contributed by atoms with E-state index >= 15 is 0 Å². The number of amides is 2. The average molecular weight is 439 g/mol. The summed E-state index contributed by atoms with van der Waals surface area (Å²) in [5.41, 5.74) is 3.24. The molecule has 0 saturated carbocycles. The van der Waals surface area contributed by atoms with E-state index in [1.165, 1.54) is 13.2 Å². The van der Waals surface area contributed by atoms with Crippen LogP contribution in [0.4, 0.5) is 0 Å². The molecule has 0 aliphatic carbocycles. The second-order valence-corrected chi connectivity index (χ2v) is 7.30. The SMILES string of the molecule is COc1c(Cl)ccc(Cl)c1C(=O)NCCNC(=O)COc1c(C)ccc(C)c1C. The van der Waals surface area contributed by atoms with Gasteiger partial charge in [-0.25, -0.2) is 0 Å². The van der Waals surface area contributed by atoms with Crippen molar-refractivity contribution in [3.8, 4) is 11.5 Å². The molecule has 0 spiro atoms. The van der Waals surface area contributed by atoms with Gasteiger partial charge in [0.2, 0.25) is 0 Å². The summed E-state index contributed by atoms with van der Waals surface area (Å²) in [5.74, 6) is 0.206. The number of hydrogen-bond donors (Lipinski definition) is 2. The van der Waals surface area contributed by atoms with E-state index in [0.717, 1.165) is 22.4 Å². The normalized spacial score (nSPS) is 10.4. The molecule has 2 aromatic rings. The third-order valence-electron chi connectivity index (χ3n) is 4.44. The van der Waals surface area contributed by atoms with E-state index in [-0.39, 0.29) is 47.0 Å². The maximum atomic E-state index is 12.4. The summed E-state index contributed by atoms with van der Waals surface area (Å²) in [6, 6.07) is 7.05. The molecule has 8 heteroatoms. The molecular weight excluding hydrogens is 415 g/mol.